The highest BCUT2D eigenvalue weighted by Crippen LogP contribution is 1.81. The molecule has 2 amide bonds. The molecule has 0 spiro atoms. The van der Waals surface area contributed by atoms with Crippen LogP contribution >= 0.6 is 0 Å². The summed E-state index contributed by atoms with van der Waals surface area (Å²) in [7, 11) is 0. The zero-order valence-corrected chi connectivity index (χ0v) is 9.33. The Balaban J connectivity index is 3.27. The second-order valence-electron chi connectivity index (χ2n) is 2.99. The van der Waals surface area contributed by atoms with Crippen LogP contribution in [0.2, 0.25) is 0 Å². The van der Waals surface area contributed by atoms with E-state index in [2.05, 4.69) is 23.8 Å². The fourth-order valence-corrected chi connectivity index (χ4v) is 0.873. The van der Waals surface area contributed by atoms with Crippen molar-refractivity contribution in [3.8, 4) is 0 Å². The highest BCUT2D eigenvalue weighted by molar-refractivity contribution is 5.77. The van der Waals surface area contributed by atoms with Crippen LogP contribution in [0, 0.1) is 0 Å². The van der Waals surface area contributed by atoms with Gasteiger partial charge in [-0.25, -0.2) is 0 Å². The van der Waals surface area contributed by atoms with Gasteiger partial charge in [-0.1, -0.05) is 12.2 Å². The van der Waals surface area contributed by atoms with Crippen molar-refractivity contribution in [2.45, 2.75) is 12.8 Å². The van der Waals surface area contributed by atoms with Gasteiger partial charge in [0.1, 0.15) is 6.73 Å². The molecule has 0 bridgehead atoms. The predicted octanol–water partition coefficient (Wildman–Crippen LogP) is 0.345. The van der Waals surface area contributed by atoms with Gasteiger partial charge in [0, 0.05) is 19.4 Å². The molecule has 5 heteroatoms. The Morgan fingerprint density at radius 3 is 2.19 bits per heavy atom. The van der Waals surface area contributed by atoms with Crippen molar-refractivity contribution in [3.05, 3.63) is 25.3 Å². The summed E-state index contributed by atoms with van der Waals surface area (Å²) in [6.45, 7) is 7.81. The fraction of sp³-hybridized carbons (Fsp3) is 0.455. The van der Waals surface area contributed by atoms with E-state index in [9.17, 15) is 9.59 Å². The minimum absolute atomic E-state index is 0.0886. The van der Waals surface area contributed by atoms with Crippen LogP contribution < -0.4 is 10.6 Å². The average molecular weight is 226 g/mol. The van der Waals surface area contributed by atoms with E-state index >= 15 is 0 Å². The molecule has 0 unspecified atom stereocenters. The zero-order valence-electron chi connectivity index (χ0n) is 9.33. The number of rotatable bonds is 9. The van der Waals surface area contributed by atoms with Crippen LogP contribution in [0.1, 0.15) is 12.8 Å². The monoisotopic (exact) mass is 226 g/mol. The first-order valence-corrected chi connectivity index (χ1v) is 5.03. The molecule has 90 valence electrons. The maximum Gasteiger partial charge on any atom is 0.225 e. The van der Waals surface area contributed by atoms with Gasteiger partial charge in [-0.05, 0) is 0 Å². The third-order valence-electron chi connectivity index (χ3n) is 1.60. The Kier molecular flexibility index (Phi) is 8.91. The molecular formula is C11H18N2O3. The molecular weight excluding hydrogens is 208 g/mol. The van der Waals surface area contributed by atoms with Crippen LogP contribution in [0.4, 0.5) is 0 Å². The summed E-state index contributed by atoms with van der Waals surface area (Å²) in [5.41, 5.74) is 0. The number of hydrogen-bond donors (Lipinski definition) is 2. The van der Waals surface area contributed by atoms with Crippen molar-refractivity contribution in [2.75, 3.05) is 19.9 Å². The molecule has 0 aromatic heterocycles. The normalized spacial score (nSPS) is 9.25. The highest BCUT2D eigenvalue weighted by atomic mass is 16.5. The van der Waals surface area contributed by atoms with Gasteiger partial charge in [-0.2, -0.15) is 0 Å². The Morgan fingerprint density at radius 1 is 1.06 bits per heavy atom. The van der Waals surface area contributed by atoms with Crippen LogP contribution in [-0.4, -0.2) is 31.7 Å². The minimum atomic E-state index is -0.134. The van der Waals surface area contributed by atoms with Crippen LogP contribution in [-0.2, 0) is 14.3 Å². The van der Waals surface area contributed by atoms with Crippen molar-refractivity contribution in [1.29, 1.82) is 0 Å². The lowest BCUT2D eigenvalue weighted by Crippen LogP contribution is -2.30. The lowest BCUT2D eigenvalue weighted by atomic mass is 10.4. The van der Waals surface area contributed by atoms with Gasteiger partial charge in [0.05, 0.1) is 6.61 Å². The summed E-state index contributed by atoms with van der Waals surface area (Å²) >= 11 is 0. The predicted molar refractivity (Wildman–Crippen MR) is 61.6 cm³/mol. The van der Waals surface area contributed by atoms with Crippen molar-refractivity contribution >= 4 is 11.8 Å². The van der Waals surface area contributed by atoms with Crippen LogP contribution in [0.5, 0.6) is 0 Å². The number of amides is 2. The van der Waals surface area contributed by atoms with Crippen LogP contribution in [0.25, 0.3) is 0 Å². The molecule has 0 saturated carbocycles. The molecule has 0 aliphatic heterocycles. The summed E-state index contributed by atoms with van der Waals surface area (Å²) in [5.74, 6) is -0.222. The molecule has 0 saturated heterocycles. The Morgan fingerprint density at radius 2 is 1.62 bits per heavy atom. The maximum absolute atomic E-state index is 11.0. The number of carbonyl (C=O) groups is 2. The van der Waals surface area contributed by atoms with E-state index in [4.69, 9.17) is 4.74 Å². The first-order valence-electron chi connectivity index (χ1n) is 5.03. The first kappa shape index (κ1) is 14.4. The second kappa shape index (κ2) is 9.92. The van der Waals surface area contributed by atoms with Crippen molar-refractivity contribution < 1.29 is 14.3 Å². The summed E-state index contributed by atoms with van der Waals surface area (Å²) < 4.78 is 5.07. The van der Waals surface area contributed by atoms with E-state index in [-0.39, 0.29) is 25.0 Å². The highest BCUT2D eigenvalue weighted by Gasteiger charge is 1.97. The number of ether oxygens (including phenoxy) is 1. The van der Waals surface area contributed by atoms with E-state index in [1.165, 1.54) is 12.2 Å². The molecule has 0 aliphatic carbocycles. The third-order valence-corrected chi connectivity index (χ3v) is 1.60. The molecule has 16 heavy (non-hydrogen) atoms. The van der Waals surface area contributed by atoms with Gasteiger partial charge < -0.3 is 15.4 Å². The summed E-state index contributed by atoms with van der Waals surface area (Å²) in [6.07, 6.45) is 3.63. The van der Waals surface area contributed by atoms with Crippen LogP contribution in [0.15, 0.2) is 25.3 Å². The molecule has 5 nitrogen and oxygen atoms in total. The zero-order chi connectivity index (χ0) is 12.2. The van der Waals surface area contributed by atoms with E-state index in [1.54, 1.807) is 0 Å². The lowest BCUT2D eigenvalue weighted by Gasteiger charge is -2.06. The van der Waals surface area contributed by atoms with Crippen molar-refractivity contribution in [3.63, 3.8) is 0 Å². The summed E-state index contributed by atoms with van der Waals surface area (Å²) in [5, 5.41) is 5.17. The summed E-state index contributed by atoms with van der Waals surface area (Å²) in [6, 6.07) is 0. The topological polar surface area (TPSA) is 67.4 Å². The molecule has 0 radical (unpaired) electrons. The van der Waals surface area contributed by atoms with E-state index in [1.807, 2.05) is 0 Å². The fourth-order valence-electron chi connectivity index (χ4n) is 0.873. The maximum atomic E-state index is 11.0. The average Bonchev–Trinajstić information content (AvgIpc) is 2.24. The van der Waals surface area contributed by atoms with Gasteiger partial charge in [-0.15, -0.1) is 13.2 Å². The molecule has 0 heterocycles. The van der Waals surface area contributed by atoms with Gasteiger partial charge in [0.25, 0.3) is 0 Å². The van der Waals surface area contributed by atoms with Gasteiger partial charge in [0.2, 0.25) is 11.8 Å². The smallest absolute Gasteiger partial charge is 0.225 e. The van der Waals surface area contributed by atoms with E-state index in [0.29, 0.717) is 19.6 Å². The largest absolute Gasteiger partial charge is 0.359 e. The van der Waals surface area contributed by atoms with Gasteiger partial charge >= 0.3 is 0 Å². The Labute approximate surface area is 95.5 Å². The standard InChI is InChI=1S/C11H18N2O3/c1-3-5-10(14)12-7-8-16-9-13-11(15)6-4-2/h3-4H,1-2,5-9H2,(H,12,14)(H,13,15). The quantitative estimate of drug-likeness (QED) is 0.338. The van der Waals surface area contributed by atoms with Crippen LogP contribution in [0.3, 0.4) is 0 Å². The van der Waals surface area contributed by atoms with Crippen molar-refractivity contribution in [2.24, 2.45) is 0 Å². The molecule has 0 aromatic rings. The lowest BCUT2D eigenvalue weighted by molar-refractivity contribution is -0.123. The number of hydrogen-bond acceptors (Lipinski definition) is 3. The second-order valence-corrected chi connectivity index (χ2v) is 2.99. The van der Waals surface area contributed by atoms with Crippen molar-refractivity contribution in [1.82, 2.24) is 10.6 Å². The first-order chi connectivity index (χ1) is 7.70. The van der Waals surface area contributed by atoms with Gasteiger partial charge in [0.15, 0.2) is 0 Å². The van der Waals surface area contributed by atoms with E-state index in [0.717, 1.165) is 0 Å². The summed E-state index contributed by atoms with van der Waals surface area (Å²) in [4.78, 5) is 21.9. The molecule has 0 rings (SSSR count). The Hall–Kier alpha value is -1.62. The van der Waals surface area contributed by atoms with Gasteiger partial charge in [-0.3, -0.25) is 9.59 Å². The molecule has 0 atom stereocenters. The number of carbonyl (C=O) groups excluding carboxylic acids is 2. The minimum Gasteiger partial charge on any atom is -0.359 e. The van der Waals surface area contributed by atoms with E-state index < -0.39 is 0 Å². The Bertz CT molecular complexity index is 226. The third kappa shape index (κ3) is 8.96. The molecule has 0 aromatic carbocycles. The number of nitrogens with one attached hydrogen (secondary N) is 2. The SMILES string of the molecule is C=CCC(=O)NCCOCNC(=O)CC=C. The molecule has 2 N–H and O–H groups in total. The molecule has 0 fully saturated rings. The molecule has 0 aliphatic rings.